The minimum atomic E-state index is -3.72. The first-order valence-electron chi connectivity index (χ1n) is 9.57. The number of hydrogen-bond donors (Lipinski definition) is 1. The van der Waals surface area contributed by atoms with Gasteiger partial charge in [-0.15, -0.1) is 0 Å². The number of carbonyl (C=O) groups is 2. The Kier molecular flexibility index (Phi) is 9.36. The van der Waals surface area contributed by atoms with Crippen LogP contribution < -0.4 is 9.47 Å². The van der Waals surface area contributed by atoms with Crippen molar-refractivity contribution in [2.45, 2.75) is 34.0 Å². The Morgan fingerprint density at radius 1 is 0.935 bits per heavy atom. The summed E-state index contributed by atoms with van der Waals surface area (Å²) in [6.45, 7) is 4.31. The summed E-state index contributed by atoms with van der Waals surface area (Å²) in [5.74, 6) is -1.23. The lowest BCUT2D eigenvalue weighted by Crippen LogP contribution is -2.13. The third-order valence-corrected chi connectivity index (χ3v) is 5.42. The first-order valence-corrected chi connectivity index (χ1v) is 11.0. The molecule has 0 bridgehead atoms. The number of aliphatic hydroxyl groups is 1. The number of hydrogen-bond acceptors (Lipinski definition) is 9. The molecule has 0 atom stereocenters. The number of carbonyl (C=O) groups excluding carboxylic acids is 2. The Morgan fingerprint density at radius 2 is 1.61 bits per heavy atom. The van der Waals surface area contributed by atoms with Crippen molar-refractivity contribution >= 4 is 19.8 Å². The molecule has 9 nitrogen and oxygen atoms in total. The number of phosphoric acid groups is 1. The molecule has 0 aliphatic rings. The molecule has 1 N–H and O–H groups in total. The summed E-state index contributed by atoms with van der Waals surface area (Å²) >= 11 is 0. The minimum Gasteiger partial charge on any atom is -0.426 e. The van der Waals surface area contributed by atoms with E-state index in [0.29, 0.717) is 11.1 Å². The third-order valence-electron chi connectivity index (χ3n) is 3.83. The zero-order valence-corrected chi connectivity index (χ0v) is 18.4. The summed E-state index contributed by atoms with van der Waals surface area (Å²) in [6, 6.07) is 10.8. The van der Waals surface area contributed by atoms with Crippen LogP contribution in [-0.2, 0) is 36.1 Å². The molecule has 2 aromatic rings. The van der Waals surface area contributed by atoms with Gasteiger partial charge >= 0.3 is 19.8 Å². The van der Waals surface area contributed by atoms with E-state index < -0.39 is 19.8 Å². The molecule has 31 heavy (non-hydrogen) atoms. The topological polar surface area (TPSA) is 118 Å². The third kappa shape index (κ3) is 7.27. The molecule has 10 heteroatoms. The van der Waals surface area contributed by atoms with Crippen molar-refractivity contribution in [2.75, 3.05) is 13.2 Å². The fraction of sp³-hybridized carbons (Fsp3) is 0.333. The maximum Gasteiger partial charge on any atom is 0.475 e. The average molecular weight is 452 g/mol. The van der Waals surface area contributed by atoms with Crippen molar-refractivity contribution in [3.05, 3.63) is 59.2 Å². The van der Waals surface area contributed by atoms with Crippen molar-refractivity contribution in [3.8, 4) is 11.5 Å². The van der Waals surface area contributed by atoms with Crippen molar-refractivity contribution in [1.29, 1.82) is 0 Å². The summed E-state index contributed by atoms with van der Waals surface area (Å²) in [6.07, 6.45) is 0. The lowest BCUT2D eigenvalue weighted by atomic mass is 10.1. The Labute approximate surface area is 180 Å². The van der Waals surface area contributed by atoms with E-state index >= 15 is 0 Å². The number of para-hydroxylation sites is 1. The number of esters is 2. The van der Waals surface area contributed by atoms with Crippen LogP contribution >= 0.6 is 7.82 Å². The lowest BCUT2D eigenvalue weighted by molar-refractivity contribution is -0.131. The fourth-order valence-electron chi connectivity index (χ4n) is 2.53. The van der Waals surface area contributed by atoms with E-state index in [1.165, 1.54) is 25.1 Å². The smallest absolute Gasteiger partial charge is 0.426 e. The molecule has 0 unspecified atom stereocenters. The molecule has 0 aliphatic heterocycles. The first-order chi connectivity index (χ1) is 14.8. The second kappa shape index (κ2) is 11.7. The molecule has 0 aromatic heterocycles. The van der Waals surface area contributed by atoms with Crippen LogP contribution in [0.3, 0.4) is 0 Å². The van der Waals surface area contributed by atoms with Crippen LogP contribution in [0.1, 0.15) is 42.3 Å². The summed E-state index contributed by atoms with van der Waals surface area (Å²) in [5, 5.41) is 9.59. The van der Waals surface area contributed by atoms with Crippen LogP contribution in [0.2, 0.25) is 0 Å². The van der Waals surface area contributed by atoms with Crippen molar-refractivity contribution < 1.29 is 42.3 Å². The summed E-state index contributed by atoms with van der Waals surface area (Å²) in [5.41, 5.74) is 0.896. The van der Waals surface area contributed by atoms with Gasteiger partial charge in [0.2, 0.25) is 0 Å². The van der Waals surface area contributed by atoms with Crippen LogP contribution in [-0.4, -0.2) is 30.3 Å². The van der Waals surface area contributed by atoms with Gasteiger partial charge in [-0.05, 0) is 37.6 Å². The second-order valence-electron chi connectivity index (χ2n) is 6.14. The normalized spacial score (nSPS) is 11.2. The van der Waals surface area contributed by atoms with Crippen LogP contribution in [0.15, 0.2) is 42.5 Å². The number of phosphoric ester groups is 1. The number of rotatable bonds is 11. The maximum absolute atomic E-state index is 12.7. The van der Waals surface area contributed by atoms with Crippen molar-refractivity contribution in [2.24, 2.45) is 0 Å². The highest BCUT2D eigenvalue weighted by Gasteiger charge is 2.25. The van der Waals surface area contributed by atoms with Gasteiger partial charge in [0.15, 0.2) is 0 Å². The largest absolute Gasteiger partial charge is 0.475 e. The molecule has 0 radical (unpaired) electrons. The Morgan fingerprint density at radius 3 is 2.23 bits per heavy atom. The maximum atomic E-state index is 12.7. The zero-order valence-electron chi connectivity index (χ0n) is 17.5. The van der Waals surface area contributed by atoms with Crippen LogP contribution in [0.25, 0.3) is 0 Å². The minimum absolute atomic E-state index is 0.0421. The molecule has 0 heterocycles. The monoisotopic (exact) mass is 452 g/mol. The van der Waals surface area contributed by atoms with Crippen LogP contribution in [0.5, 0.6) is 11.5 Å². The summed E-state index contributed by atoms with van der Waals surface area (Å²) in [7, 11) is -3.72. The Balaban J connectivity index is 2.22. The molecule has 0 amide bonds. The number of benzene rings is 2. The van der Waals surface area contributed by atoms with Crippen molar-refractivity contribution in [3.63, 3.8) is 0 Å². The van der Waals surface area contributed by atoms with E-state index in [1.807, 2.05) is 0 Å². The molecule has 0 saturated carbocycles. The molecule has 0 aliphatic carbocycles. The van der Waals surface area contributed by atoms with E-state index in [4.69, 9.17) is 23.0 Å². The van der Waals surface area contributed by atoms with Gasteiger partial charge in [-0.3, -0.25) is 18.4 Å². The molecule has 0 saturated heterocycles. The highest BCUT2D eigenvalue weighted by molar-refractivity contribution is 7.48. The summed E-state index contributed by atoms with van der Waals surface area (Å²) in [4.78, 5) is 23.9. The average Bonchev–Trinajstić information content (AvgIpc) is 2.73. The first kappa shape index (κ1) is 24.7. The van der Waals surface area contributed by atoms with E-state index in [2.05, 4.69) is 0 Å². The molecular weight excluding hydrogens is 427 g/mol. The van der Waals surface area contributed by atoms with Crippen molar-refractivity contribution in [1.82, 2.24) is 0 Å². The van der Waals surface area contributed by atoms with Gasteiger partial charge in [0.25, 0.3) is 0 Å². The van der Waals surface area contributed by atoms with E-state index in [9.17, 15) is 19.3 Å². The zero-order chi connectivity index (χ0) is 22.9. The quantitative estimate of drug-likeness (QED) is 0.306. The van der Waals surface area contributed by atoms with Gasteiger partial charge in [-0.1, -0.05) is 24.3 Å². The molecule has 2 aromatic carbocycles. The standard InChI is InChI=1S/C21H25O9P/c1-4-26-31(25,27-5-2)28-14-16-10-11-17(13-22)20(12-16)30-21(24)18-8-6-7-9-19(18)29-15(3)23/h6-12,22H,4-5,13-14H2,1-3H3. The van der Waals surface area contributed by atoms with Crippen LogP contribution in [0.4, 0.5) is 0 Å². The highest BCUT2D eigenvalue weighted by Crippen LogP contribution is 2.50. The second-order valence-corrected chi connectivity index (χ2v) is 7.80. The SMILES string of the molecule is CCOP(=O)(OCC)OCc1ccc(CO)c(OC(=O)c2ccccc2OC(C)=O)c1. The molecule has 2 rings (SSSR count). The van der Waals surface area contributed by atoms with E-state index in [0.717, 1.165) is 0 Å². The molecular formula is C21H25O9P. The van der Waals surface area contributed by atoms with Gasteiger partial charge < -0.3 is 14.6 Å². The Bertz CT molecular complexity index is 948. The lowest BCUT2D eigenvalue weighted by Gasteiger charge is -2.17. The van der Waals surface area contributed by atoms with Gasteiger partial charge in [0.05, 0.1) is 26.4 Å². The van der Waals surface area contributed by atoms with E-state index in [1.54, 1.807) is 38.1 Å². The molecule has 0 fully saturated rings. The van der Waals surface area contributed by atoms with Gasteiger partial charge in [0.1, 0.15) is 17.1 Å². The number of ether oxygens (including phenoxy) is 2. The molecule has 0 spiro atoms. The van der Waals surface area contributed by atoms with Gasteiger partial charge in [-0.25, -0.2) is 9.36 Å². The number of aliphatic hydroxyl groups excluding tert-OH is 1. The van der Waals surface area contributed by atoms with E-state index in [-0.39, 0.29) is 43.5 Å². The Hall–Kier alpha value is -2.55. The predicted molar refractivity (Wildman–Crippen MR) is 111 cm³/mol. The fourth-order valence-corrected chi connectivity index (χ4v) is 3.69. The molecule has 168 valence electrons. The predicted octanol–water partition coefficient (Wildman–Crippen LogP) is 4.02. The summed E-state index contributed by atoms with van der Waals surface area (Å²) < 4.78 is 38.4. The van der Waals surface area contributed by atoms with Gasteiger partial charge in [-0.2, -0.15) is 0 Å². The van der Waals surface area contributed by atoms with Crippen LogP contribution in [0, 0.1) is 0 Å². The highest BCUT2D eigenvalue weighted by atomic mass is 31.2. The van der Waals surface area contributed by atoms with Gasteiger partial charge in [0, 0.05) is 12.5 Å².